The summed E-state index contributed by atoms with van der Waals surface area (Å²) in [6, 6.07) is 6.47. The number of aromatic nitrogens is 4. The van der Waals surface area contributed by atoms with Crippen LogP contribution in [-0.2, 0) is 19.9 Å². The molecule has 0 saturated heterocycles. The Hall–Kier alpha value is -1.75. The van der Waals surface area contributed by atoms with E-state index < -0.39 is 0 Å². The Morgan fingerprint density at radius 1 is 1.32 bits per heavy atom. The van der Waals surface area contributed by atoms with Gasteiger partial charge in [-0.15, -0.1) is 0 Å². The number of pyridine rings is 1. The number of likely N-dealkylation sites (N-methyl/N-ethyl adjacent to an activating group) is 1. The molecule has 2 aromatic heterocycles. The van der Waals surface area contributed by atoms with Crippen LogP contribution >= 0.6 is 0 Å². The van der Waals surface area contributed by atoms with Crippen LogP contribution in [0.1, 0.15) is 24.9 Å². The third-order valence-corrected chi connectivity index (χ3v) is 3.20. The summed E-state index contributed by atoms with van der Waals surface area (Å²) in [4.78, 5) is 8.65. The molecule has 5 nitrogen and oxygen atoms in total. The summed E-state index contributed by atoms with van der Waals surface area (Å²) in [5.74, 6) is 1.02. The second kappa shape index (κ2) is 6.99. The first kappa shape index (κ1) is 13.7. The lowest BCUT2D eigenvalue weighted by molar-refractivity contribution is 0.471. The second-order valence-corrected chi connectivity index (χ2v) is 4.62. The van der Waals surface area contributed by atoms with Crippen LogP contribution in [0, 0.1) is 0 Å². The van der Waals surface area contributed by atoms with E-state index in [4.69, 9.17) is 0 Å². The molecule has 102 valence electrons. The van der Waals surface area contributed by atoms with Crippen molar-refractivity contribution in [3.05, 3.63) is 42.2 Å². The maximum atomic E-state index is 4.36. The molecule has 5 heteroatoms. The smallest absolute Gasteiger partial charge is 0.138 e. The molecule has 0 aromatic carbocycles. The minimum absolute atomic E-state index is 0.412. The summed E-state index contributed by atoms with van der Waals surface area (Å²) < 4.78 is 1.84. The van der Waals surface area contributed by atoms with E-state index in [1.165, 1.54) is 0 Å². The van der Waals surface area contributed by atoms with Crippen LogP contribution in [-0.4, -0.2) is 32.3 Å². The van der Waals surface area contributed by atoms with Crippen LogP contribution in [0.15, 0.2) is 30.7 Å². The third kappa shape index (κ3) is 4.13. The van der Waals surface area contributed by atoms with Crippen molar-refractivity contribution in [2.45, 2.75) is 32.2 Å². The van der Waals surface area contributed by atoms with Crippen molar-refractivity contribution < 1.29 is 0 Å². The lowest BCUT2D eigenvalue weighted by Crippen LogP contribution is -2.32. The molecule has 0 spiro atoms. The Kier molecular flexibility index (Phi) is 5.03. The Labute approximate surface area is 114 Å². The van der Waals surface area contributed by atoms with E-state index in [-0.39, 0.29) is 0 Å². The van der Waals surface area contributed by atoms with Crippen molar-refractivity contribution >= 4 is 0 Å². The van der Waals surface area contributed by atoms with Crippen molar-refractivity contribution in [3.8, 4) is 0 Å². The molecule has 0 fully saturated rings. The van der Waals surface area contributed by atoms with Gasteiger partial charge in [0.1, 0.15) is 12.2 Å². The van der Waals surface area contributed by atoms with Crippen molar-refractivity contribution in [2.75, 3.05) is 6.54 Å². The molecule has 0 amide bonds. The lowest BCUT2D eigenvalue weighted by atomic mass is 10.1. The minimum Gasteiger partial charge on any atom is -0.314 e. The van der Waals surface area contributed by atoms with Gasteiger partial charge in [-0.05, 0) is 31.5 Å². The SMILES string of the molecule is CCNC(CCc1ccccn1)Cc1ncnn1C. The van der Waals surface area contributed by atoms with Crippen molar-refractivity contribution in [1.29, 1.82) is 0 Å². The predicted octanol–water partition coefficient (Wildman–Crippen LogP) is 1.36. The van der Waals surface area contributed by atoms with Gasteiger partial charge in [0.15, 0.2) is 0 Å². The molecule has 1 atom stereocenters. The maximum absolute atomic E-state index is 4.36. The quantitative estimate of drug-likeness (QED) is 0.816. The van der Waals surface area contributed by atoms with E-state index in [1.54, 1.807) is 6.33 Å². The van der Waals surface area contributed by atoms with Gasteiger partial charge >= 0.3 is 0 Å². The normalized spacial score (nSPS) is 12.5. The van der Waals surface area contributed by atoms with Gasteiger partial charge in [-0.25, -0.2) is 4.98 Å². The molecule has 0 saturated carbocycles. The summed E-state index contributed by atoms with van der Waals surface area (Å²) in [5.41, 5.74) is 1.14. The third-order valence-electron chi connectivity index (χ3n) is 3.20. The highest BCUT2D eigenvalue weighted by Gasteiger charge is 2.12. The van der Waals surface area contributed by atoms with Crippen molar-refractivity contribution in [2.24, 2.45) is 7.05 Å². The van der Waals surface area contributed by atoms with E-state index in [2.05, 4.69) is 33.4 Å². The Bertz CT molecular complexity index is 480. The molecule has 2 aromatic rings. The number of aryl methyl sites for hydroxylation is 2. The topological polar surface area (TPSA) is 55.6 Å². The fraction of sp³-hybridized carbons (Fsp3) is 0.500. The highest BCUT2D eigenvalue weighted by Crippen LogP contribution is 2.06. The van der Waals surface area contributed by atoms with Gasteiger partial charge in [-0.2, -0.15) is 5.10 Å². The zero-order chi connectivity index (χ0) is 13.5. The Morgan fingerprint density at radius 3 is 2.84 bits per heavy atom. The zero-order valence-electron chi connectivity index (χ0n) is 11.6. The van der Waals surface area contributed by atoms with E-state index in [0.717, 1.165) is 37.3 Å². The van der Waals surface area contributed by atoms with Crippen LogP contribution in [0.4, 0.5) is 0 Å². The zero-order valence-corrected chi connectivity index (χ0v) is 11.6. The molecule has 2 heterocycles. The first-order valence-corrected chi connectivity index (χ1v) is 6.75. The van der Waals surface area contributed by atoms with Gasteiger partial charge in [-0.3, -0.25) is 9.67 Å². The number of nitrogens with zero attached hydrogens (tertiary/aromatic N) is 4. The van der Waals surface area contributed by atoms with E-state index >= 15 is 0 Å². The molecular formula is C14H21N5. The molecule has 19 heavy (non-hydrogen) atoms. The summed E-state index contributed by atoms with van der Waals surface area (Å²) in [6.45, 7) is 3.09. The molecule has 0 bridgehead atoms. The highest BCUT2D eigenvalue weighted by atomic mass is 15.3. The van der Waals surface area contributed by atoms with Crippen molar-refractivity contribution in [1.82, 2.24) is 25.1 Å². The molecule has 2 rings (SSSR count). The Balaban J connectivity index is 1.91. The molecule has 1 N–H and O–H groups in total. The molecule has 0 radical (unpaired) electrons. The number of rotatable bonds is 7. The number of hydrogen-bond acceptors (Lipinski definition) is 4. The number of hydrogen-bond donors (Lipinski definition) is 1. The van der Waals surface area contributed by atoms with Gasteiger partial charge in [0.25, 0.3) is 0 Å². The average molecular weight is 259 g/mol. The minimum atomic E-state index is 0.412. The summed E-state index contributed by atoms with van der Waals surface area (Å²) in [5, 5.41) is 7.62. The maximum Gasteiger partial charge on any atom is 0.138 e. The molecular weight excluding hydrogens is 238 g/mol. The fourth-order valence-corrected chi connectivity index (χ4v) is 2.16. The number of nitrogens with one attached hydrogen (secondary N) is 1. The standard InChI is InChI=1S/C14H21N5/c1-3-15-13(10-14-17-11-18-19(14)2)8-7-12-6-4-5-9-16-12/h4-6,9,11,13,15H,3,7-8,10H2,1-2H3. The van der Waals surface area contributed by atoms with E-state index in [1.807, 2.05) is 30.1 Å². The van der Waals surface area contributed by atoms with Crippen LogP contribution in [0.2, 0.25) is 0 Å². The Morgan fingerprint density at radius 2 is 2.21 bits per heavy atom. The van der Waals surface area contributed by atoms with Crippen LogP contribution in [0.5, 0.6) is 0 Å². The average Bonchev–Trinajstić information content (AvgIpc) is 2.83. The first-order valence-electron chi connectivity index (χ1n) is 6.75. The van der Waals surface area contributed by atoms with E-state index in [9.17, 15) is 0 Å². The molecule has 0 aliphatic carbocycles. The second-order valence-electron chi connectivity index (χ2n) is 4.62. The summed E-state index contributed by atoms with van der Waals surface area (Å²) in [7, 11) is 1.93. The van der Waals surface area contributed by atoms with Crippen LogP contribution < -0.4 is 5.32 Å². The van der Waals surface area contributed by atoms with Gasteiger partial charge in [-0.1, -0.05) is 13.0 Å². The summed E-state index contributed by atoms with van der Waals surface area (Å²) in [6.07, 6.45) is 6.39. The van der Waals surface area contributed by atoms with Gasteiger partial charge < -0.3 is 5.32 Å². The highest BCUT2D eigenvalue weighted by molar-refractivity contribution is 5.04. The van der Waals surface area contributed by atoms with Crippen LogP contribution in [0.25, 0.3) is 0 Å². The first-order chi connectivity index (χ1) is 9.29. The van der Waals surface area contributed by atoms with Crippen LogP contribution in [0.3, 0.4) is 0 Å². The monoisotopic (exact) mass is 259 g/mol. The lowest BCUT2D eigenvalue weighted by Gasteiger charge is -2.17. The molecule has 0 aliphatic rings. The fourth-order valence-electron chi connectivity index (χ4n) is 2.16. The summed E-state index contributed by atoms with van der Waals surface area (Å²) >= 11 is 0. The van der Waals surface area contributed by atoms with Gasteiger partial charge in [0.05, 0.1) is 0 Å². The molecule has 1 unspecified atom stereocenters. The molecule has 0 aliphatic heterocycles. The largest absolute Gasteiger partial charge is 0.314 e. The predicted molar refractivity (Wildman–Crippen MR) is 74.7 cm³/mol. The van der Waals surface area contributed by atoms with Gasteiger partial charge in [0, 0.05) is 31.4 Å². The van der Waals surface area contributed by atoms with E-state index in [0.29, 0.717) is 6.04 Å². The van der Waals surface area contributed by atoms with Gasteiger partial charge in [0.2, 0.25) is 0 Å². The van der Waals surface area contributed by atoms with Crippen molar-refractivity contribution in [3.63, 3.8) is 0 Å².